The molecular weight excluding hydrogens is 250 g/mol. The zero-order valence-electron chi connectivity index (χ0n) is 10.9. The molecule has 0 saturated heterocycles. The summed E-state index contributed by atoms with van der Waals surface area (Å²) in [5.74, 6) is 0.183. The molecule has 0 aliphatic carbocycles. The lowest BCUT2D eigenvalue weighted by molar-refractivity contribution is -0.384. The SMILES string of the molecule is CNC(C)CNC(=O)COc1ccc([N+](=O)[O-])cc1. The monoisotopic (exact) mass is 267 g/mol. The summed E-state index contributed by atoms with van der Waals surface area (Å²) < 4.78 is 5.21. The number of carbonyl (C=O) groups is 1. The number of benzene rings is 1. The van der Waals surface area contributed by atoms with Gasteiger partial charge in [-0.25, -0.2) is 0 Å². The van der Waals surface area contributed by atoms with E-state index >= 15 is 0 Å². The zero-order chi connectivity index (χ0) is 14.3. The summed E-state index contributed by atoms with van der Waals surface area (Å²) in [5, 5.41) is 16.1. The summed E-state index contributed by atoms with van der Waals surface area (Å²) in [5.41, 5.74) is -0.0142. The van der Waals surface area contributed by atoms with Crippen molar-refractivity contribution in [1.29, 1.82) is 0 Å². The molecule has 0 bridgehead atoms. The number of nitro benzene ring substituents is 1. The number of nitrogens with zero attached hydrogens (tertiary/aromatic N) is 1. The van der Waals surface area contributed by atoms with E-state index in [1.165, 1.54) is 24.3 Å². The van der Waals surface area contributed by atoms with Crippen molar-refractivity contribution < 1.29 is 14.5 Å². The fourth-order valence-corrected chi connectivity index (χ4v) is 1.23. The number of non-ortho nitro benzene ring substituents is 1. The number of carbonyl (C=O) groups excluding carboxylic acids is 1. The first kappa shape index (κ1) is 14.9. The molecule has 1 unspecified atom stereocenters. The smallest absolute Gasteiger partial charge is 0.269 e. The van der Waals surface area contributed by atoms with Gasteiger partial charge in [-0.05, 0) is 26.1 Å². The Labute approximate surface area is 111 Å². The number of nitrogens with one attached hydrogen (secondary N) is 2. The van der Waals surface area contributed by atoms with Crippen LogP contribution in [0.2, 0.25) is 0 Å². The number of likely N-dealkylation sites (N-methyl/N-ethyl adjacent to an activating group) is 1. The molecule has 1 rings (SSSR count). The van der Waals surface area contributed by atoms with E-state index in [2.05, 4.69) is 10.6 Å². The van der Waals surface area contributed by atoms with Crippen LogP contribution in [0.1, 0.15) is 6.92 Å². The highest BCUT2D eigenvalue weighted by atomic mass is 16.6. The van der Waals surface area contributed by atoms with Crippen molar-refractivity contribution in [2.24, 2.45) is 0 Å². The largest absolute Gasteiger partial charge is 0.484 e. The van der Waals surface area contributed by atoms with Gasteiger partial charge in [-0.3, -0.25) is 14.9 Å². The van der Waals surface area contributed by atoms with E-state index in [0.717, 1.165) is 0 Å². The van der Waals surface area contributed by atoms with Crippen molar-refractivity contribution in [3.63, 3.8) is 0 Å². The number of hydrogen-bond donors (Lipinski definition) is 2. The van der Waals surface area contributed by atoms with Crippen LogP contribution in [0.3, 0.4) is 0 Å². The molecule has 0 radical (unpaired) electrons. The lowest BCUT2D eigenvalue weighted by Gasteiger charge is -2.11. The molecule has 0 saturated carbocycles. The van der Waals surface area contributed by atoms with E-state index in [0.29, 0.717) is 12.3 Å². The van der Waals surface area contributed by atoms with Crippen molar-refractivity contribution in [1.82, 2.24) is 10.6 Å². The van der Waals surface area contributed by atoms with Crippen molar-refractivity contribution in [3.05, 3.63) is 34.4 Å². The van der Waals surface area contributed by atoms with Gasteiger partial charge in [-0.1, -0.05) is 0 Å². The van der Waals surface area contributed by atoms with Crippen LogP contribution in [-0.4, -0.2) is 37.1 Å². The third kappa shape index (κ3) is 5.35. The van der Waals surface area contributed by atoms with Crippen LogP contribution >= 0.6 is 0 Å². The van der Waals surface area contributed by atoms with E-state index in [9.17, 15) is 14.9 Å². The second kappa shape index (κ2) is 7.32. The topological polar surface area (TPSA) is 93.5 Å². The van der Waals surface area contributed by atoms with Crippen molar-refractivity contribution >= 4 is 11.6 Å². The highest BCUT2D eigenvalue weighted by Gasteiger charge is 2.07. The van der Waals surface area contributed by atoms with E-state index < -0.39 is 4.92 Å². The van der Waals surface area contributed by atoms with Crippen LogP contribution < -0.4 is 15.4 Å². The minimum Gasteiger partial charge on any atom is -0.484 e. The number of hydrogen-bond acceptors (Lipinski definition) is 5. The van der Waals surface area contributed by atoms with E-state index in [4.69, 9.17) is 4.74 Å². The number of amides is 1. The quantitative estimate of drug-likeness (QED) is 0.560. The molecule has 7 heteroatoms. The molecule has 7 nitrogen and oxygen atoms in total. The molecule has 2 N–H and O–H groups in total. The maximum Gasteiger partial charge on any atom is 0.269 e. The molecule has 0 spiro atoms. The first-order valence-electron chi connectivity index (χ1n) is 5.84. The Kier molecular flexibility index (Phi) is 5.74. The molecule has 1 aromatic rings. The predicted molar refractivity (Wildman–Crippen MR) is 70.1 cm³/mol. The number of nitro groups is 1. The van der Waals surface area contributed by atoms with E-state index in [-0.39, 0.29) is 24.2 Å². The molecule has 0 aromatic heterocycles. The predicted octanol–water partition coefficient (Wildman–Crippen LogP) is 0.698. The Morgan fingerprint density at radius 3 is 2.58 bits per heavy atom. The first-order valence-corrected chi connectivity index (χ1v) is 5.84. The molecule has 1 amide bonds. The molecule has 1 atom stereocenters. The van der Waals surface area contributed by atoms with E-state index in [1.807, 2.05) is 14.0 Å². The standard InChI is InChI=1S/C12H17N3O4/c1-9(13-2)7-14-12(16)8-19-11-5-3-10(4-6-11)15(17)18/h3-6,9,13H,7-8H2,1-2H3,(H,14,16). The van der Waals surface area contributed by atoms with Gasteiger partial charge in [0.05, 0.1) is 4.92 Å². The summed E-state index contributed by atoms with van der Waals surface area (Å²) in [6.07, 6.45) is 0. The van der Waals surface area contributed by atoms with Gasteiger partial charge in [0.15, 0.2) is 6.61 Å². The Bertz CT molecular complexity index is 433. The van der Waals surface area contributed by atoms with Crippen molar-refractivity contribution in [2.45, 2.75) is 13.0 Å². The summed E-state index contributed by atoms with van der Waals surface area (Å²) in [4.78, 5) is 21.4. The average Bonchev–Trinajstić information content (AvgIpc) is 2.42. The van der Waals surface area contributed by atoms with Crippen molar-refractivity contribution in [2.75, 3.05) is 20.2 Å². The van der Waals surface area contributed by atoms with Gasteiger partial charge in [-0.15, -0.1) is 0 Å². The average molecular weight is 267 g/mol. The molecule has 0 fully saturated rings. The minimum atomic E-state index is -0.490. The highest BCUT2D eigenvalue weighted by molar-refractivity contribution is 5.77. The van der Waals surface area contributed by atoms with Gasteiger partial charge in [0, 0.05) is 24.7 Å². The van der Waals surface area contributed by atoms with Gasteiger partial charge < -0.3 is 15.4 Å². The van der Waals surface area contributed by atoms with Gasteiger partial charge in [0.1, 0.15) is 5.75 Å². The molecule has 0 aliphatic rings. The fourth-order valence-electron chi connectivity index (χ4n) is 1.23. The lowest BCUT2D eigenvalue weighted by atomic mass is 10.3. The van der Waals surface area contributed by atoms with Gasteiger partial charge >= 0.3 is 0 Å². The minimum absolute atomic E-state index is 0.0142. The van der Waals surface area contributed by atoms with Gasteiger partial charge in [0.2, 0.25) is 0 Å². The number of ether oxygens (including phenoxy) is 1. The van der Waals surface area contributed by atoms with Crippen LogP contribution in [0, 0.1) is 10.1 Å². The lowest BCUT2D eigenvalue weighted by Crippen LogP contribution is -2.39. The normalized spacial score (nSPS) is 11.7. The summed E-state index contributed by atoms with van der Waals surface area (Å²) in [6.45, 7) is 2.34. The summed E-state index contributed by atoms with van der Waals surface area (Å²) >= 11 is 0. The maximum atomic E-state index is 11.4. The van der Waals surface area contributed by atoms with Crippen LogP contribution in [0.5, 0.6) is 5.75 Å². The third-order valence-corrected chi connectivity index (χ3v) is 2.52. The molecule has 1 aromatic carbocycles. The third-order valence-electron chi connectivity index (χ3n) is 2.52. The summed E-state index contributed by atoms with van der Waals surface area (Å²) in [7, 11) is 1.81. The molecular formula is C12H17N3O4. The van der Waals surface area contributed by atoms with Crippen LogP contribution in [0.15, 0.2) is 24.3 Å². The van der Waals surface area contributed by atoms with Crippen LogP contribution in [0.25, 0.3) is 0 Å². The fraction of sp³-hybridized carbons (Fsp3) is 0.417. The van der Waals surface area contributed by atoms with Gasteiger partial charge in [-0.2, -0.15) is 0 Å². The highest BCUT2D eigenvalue weighted by Crippen LogP contribution is 2.16. The molecule has 19 heavy (non-hydrogen) atoms. The molecule has 104 valence electrons. The van der Waals surface area contributed by atoms with Crippen molar-refractivity contribution in [3.8, 4) is 5.75 Å². The first-order chi connectivity index (χ1) is 9.02. The second-order valence-corrected chi connectivity index (χ2v) is 4.03. The Morgan fingerprint density at radius 1 is 1.42 bits per heavy atom. The van der Waals surface area contributed by atoms with Gasteiger partial charge in [0.25, 0.3) is 11.6 Å². The summed E-state index contributed by atoms with van der Waals surface area (Å²) in [6, 6.07) is 5.76. The Morgan fingerprint density at radius 2 is 2.05 bits per heavy atom. The van der Waals surface area contributed by atoms with Crippen LogP contribution in [0.4, 0.5) is 5.69 Å². The second-order valence-electron chi connectivity index (χ2n) is 4.03. The number of rotatable bonds is 7. The molecule has 0 aliphatic heterocycles. The van der Waals surface area contributed by atoms with E-state index in [1.54, 1.807) is 0 Å². The Hall–Kier alpha value is -2.15. The Balaban J connectivity index is 2.35. The maximum absolute atomic E-state index is 11.4. The molecule has 0 heterocycles. The van der Waals surface area contributed by atoms with Crippen LogP contribution in [-0.2, 0) is 4.79 Å². The zero-order valence-corrected chi connectivity index (χ0v) is 10.9.